The molecule has 2 aliphatic heterocycles. The van der Waals surface area contributed by atoms with Gasteiger partial charge in [-0.1, -0.05) is 0 Å². The summed E-state index contributed by atoms with van der Waals surface area (Å²) in [6, 6.07) is 5.14. The van der Waals surface area contributed by atoms with E-state index in [9.17, 15) is 8.42 Å². The first-order valence-corrected chi connectivity index (χ1v) is 7.24. The highest BCUT2D eigenvalue weighted by Crippen LogP contribution is 2.38. The average Bonchev–Trinajstić information content (AvgIpc) is 2.91. The lowest BCUT2D eigenvalue weighted by Gasteiger charge is -2.18. The molecule has 0 bridgehead atoms. The molecule has 2 heterocycles. The summed E-state index contributed by atoms with van der Waals surface area (Å²) in [6.07, 6.45) is 0.563. The highest BCUT2D eigenvalue weighted by molar-refractivity contribution is 7.93. The molecule has 3 rings (SSSR count). The van der Waals surface area contributed by atoms with Gasteiger partial charge in [0, 0.05) is 19.2 Å². The van der Waals surface area contributed by atoms with Gasteiger partial charge in [0.25, 0.3) is 0 Å². The lowest BCUT2D eigenvalue weighted by Crippen LogP contribution is -2.33. The van der Waals surface area contributed by atoms with Gasteiger partial charge in [0.2, 0.25) is 16.8 Å². The van der Waals surface area contributed by atoms with Crippen LogP contribution in [0.3, 0.4) is 0 Å². The van der Waals surface area contributed by atoms with Crippen molar-refractivity contribution in [1.29, 1.82) is 0 Å². The third-order valence-corrected chi connectivity index (χ3v) is 5.57. The predicted octanol–water partition coefficient (Wildman–Crippen LogP) is 0.282. The zero-order chi connectivity index (χ0) is 12.8. The van der Waals surface area contributed by atoms with Crippen molar-refractivity contribution < 1.29 is 17.9 Å². The van der Waals surface area contributed by atoms with Gasteiger partial charge in [-0.15, -0.1) is 0 Å². The number of hydrogen-bond acceptors (Lipinski definition) is 5. The van der Waals surface area contributed by atoms with E-state index in [0.717, 1.165) is 0 Å². The van der Waals surface area contributed by atoms with Crippen LogP contribution in [0.4, 0.5) is 5.69 Å². The molecule has 1 saturated heterocycles. The molecule has 0 aliphatic carbocycles. The normalized spacial score (nSPS) is 24.5. The highest BCUT2D eigenvalue weighted by atomic mass is 32.2. The molecule has 2 aliphatic rings. The third-order valence-electron chi connectivity index (χ3n) is 3.29. The van der Waals surface area contributed by atoms with Gasteiger partial charge in [-0.25, -0.2) is 8.42 Å². The smallest absolute Gasteiger partial charge is 0.239 e. The minimum atomic E-state index is -3.34. The van der Waals surface area contributed by atoms with Crippen LogP contribution in [0.5, 0.6) is 11.5 Å². The third kappa shape index (κ3) is 1.62. The predicted molar refractivity (Wildman–Crippen MR) is 66.3 cm³/mol. The van der Waals surface area contributed by atoms with E-state index in [1.807, 2.05) is 0 Å². The van der Waals surface area contributed by atoms with Gasteiger partial charge in [0.1, 0.15) is 0 Å². The van der Waals surface area contributed by atoms with Crippen LogP contribution in [-0.2, 0) is 10.0 Å². The van der Waals surface area contributed by atoms with Crippen LogP contribution < -0.4 is 19.5 Å². The van der Waals surface area contributed by atoms with E-state index in [1.54, 1.807) is 18.2 Å². The molecular formula is C11H14N2O4S. The number of rotatable bonds is 2. The van der Waals surface area contributed by atoms with E-state index in [1.165, 1.54) is 4.31 Å². The first kappa shape index (κ1) is 11.6. The molecule has 1 atom stereocenters. The number of hydrogen-bond donors (Lipinski definition) is 1. The number of sulfonamides is 1. The number of fused-ring (bicyclic) bond motifs is 1. The number of nitrogens with zero attached hydrogens (tertiary/aromatic N) is 1. The van der Waals surface area contributed by atoms with Crippen LogP contribution >= 0.6 is 0 Å². The molecule has 0 saturated carbocycles. The molecule has 1 aromatic carbocycles. The maximum Gasteiger partial charge on any atom is 0.239 e. The van der Waals surface area contributed by atoms with E-state index < -0.39 is 15.3 Å². The first-order valence-electron chi connectivity index (χ1n) is 5.74. The summed E-state index contributed by atoms with van der Waals surface area (Å²) in [6.45, 7) is 0.796. The van der Waals surface area contributed by atoms with Gasteiger partial charge in [-0.05, 0) is 18.6 Å². The minimum Gasteiger partial charge on any atom is -0.454 e. The van der Waals surface area contributed by atoms with Crippen LogP contribution in [0.15, 0.2) is 18.2 Å². The largest absolute Gasteiger partial charge is 0.454 e. The fourth-order valence-electron chi connectivity index (χ4n) is 2.27. The second kappa shape index (κ2) is 4.03. The lowest BCUT2D eigenvalue weighted by atomic mass is 10.2. The van der Waals surface area contributed by atoms with E-state index >= 15 is 0 Å². The molecule has 18 heavy (non-hydrogen) atoms. The van der Waals surface area contributed by atoms with Crippen LogP contribution in [0.25, 0.3) is 0 Å². The number of anilines is 1. The van der Waals surface area contributed by atoms with Crippen molar-refractivity contribution in [3.63, 3.8) is 0 Å². The molecule has 1 fully saturated rings. The van der Waals surface area contributed by atoms with Crippen molar-refractivity contribution in [2.75, 3.05) is 24.2 Å². The highest BCUT2D eigenvalue weighted by Gasteiger charge is 2.38. The number of benzene rings is 1. The van der Waals surface area contributed by atoms with Crippen molar-refractivity contribution in [2.45, 2.75) is 11.7 Å². The van der Waals surface area contributed by atoms with E-state index in [-0.39, 0.29) is 13.3 Å². The monoisotopic (exact) mass is 270 g/mol. The summed E-state index contributed by atoms with van der Waals surface area (Å²) in [5.74, 6) is 1.23. The van der Waals surface area contributed by atoms with Crippen molar-refractivity contribution in [3.05, 3.63) is 18.2 Å². The Morgan fingerprint density at radius 1 is 1.33 bits per heavy atom. The van der Waals surface area contributed by atoms with Gasteiger partial charge in [0.15, 0.2) is 11.5 Å². The maximum absolute atomic E-state index is 12.2. The molecule has 0 aromatic heterocycles. The molecule has 0 unspecified atom stereocenters. The molecule has 2 N–H and O–H groups in total. The summed E-state index contributed by atoms with van der Waals surface area (Å²) in [7, 11) is -3.34. The molecule has 0 amide bonds. The van der Waals surface area contributed by atoms with Crippen LogP contribution in [0.2, 0.25) is 0 Å². The van der Waals surface area contributed by atoms with Crippen molar-refractivity contribution >= 4 is 15.7 Å². The van der Waals surface area contributed by atoms with E-state index in [2.05, 4.69) is 0 Å². The second-order valence-electron chi connectivity index (χ2n) is 4.30. The molecule has 1 aromatic rings. The molecule has 98 valence electrons. The topological polar surface area (TPSA) is 81.9 Å². The Morgan fingerprint density at radius 3 is 2.83 bits per heavy atom. The van der Waals surface area contributed by atoms with Crippen molar-refractivity contribution in [3.8, 4) is 11.5 Å². The van der Waals surface area contributed by atoms with E-state index in [4.69, 9.17) is 15.2 Å². The molecule has 6 nitrogen and oxygen atoms in total. The first-order chi connectivity index (χ1) is 8.63. The lowest BCUT2D eigenvalue weighted by molar-refractivity contribution is 0.174. The van der Waals surface area contributed by atoms with Crippen LogP contribution in [-0.4, -0.2) is 33.6 Å². The Labute approximate surface area is 105 Å². The SMILES string of the molecule is NC[C@@H]1CCN(c2ccc3c(c2)OCO3)S1(=O)=O. The van der Waals surface area contributed by atoms with Crippen molar-refractivity contribution in [1.82, 2.24) is 0 Å². The molecular weight excluding hydrogens is 256 g/mol. The molecule has 0 radical (unpaired) electrons. The molecule has 0 spiro atoms. The Balaban J connectivity index is 1.97. The zero-order valence-electron chi connectivity index (χ0n) is 9.70. The van der Waals surface area contributed by atoms with Gasteiger partial charge in [0.05, 0.1) is 10.9 Å². The Bertz CT molecular complexity index is 572. The van der Waals surface area contributed by atoms with Gasteiger partial charge in [-0.3, -0.25) is 4.31 Å². The number of ether oxygens (including phenoxy) is 2. The standard InChI is InChI=1S/C11H14N2O4S/c12-6-9-3-4-13(18(9,14)15)8-1-2-10-11(5-8)17-7-16-10/h1-2,5,9H,3-4,6-7,12H2/t9-/m0/s1. The Morgan fingerprint density at radius 2 is 2.11 bits per heavy atom. The summed E-state index contributed by atoms with van der Waals surface area (Å²) in [4.78, 5) is 0. The van der Waals surface area contributed by atoms with Crippen molar-refractivity contribution in [2.24, 2.45) is 5.73 Å². The van der Waals surface area contributed by atoms with Gasteiger partial charge >= 0.3 is 0 Å². The quantitative estimate of drug-likeness (QED) is 0.835. The Hall–Kier alpha value is -1.47. The fourth-order valence-corrected chi connectivity index (χ4v) is 4.05. The van der Waals surface area contributed by atoms with E-state index in [0.29, 0.717) is 30.2 Å². The van der Waals surface area contributed by atoms with Crippen LogP contribution in [0, 0.1) is 0 Å². The second-order valence-corrected chi connectivity index (χ2v) is 6.44. The summed E-state index contributed by atoms with van der Waals surface area (Å²) < 4.78 is 36.2. The number of nitrogens with two attached hydrogens (primary N) is 1. The summed E-state index contributed by atoms with van der Waals surface area (Å²) in [5, 5.41) is -0.483. The maximum atomic E-state index is 12.2. The molecule has 7 heteroatoms. The fraction of sp³-hybridized carbons (Fsp3) is 0.455. The summed E-state index contributed by atoms with van der Waals surface area (Å²) >= 11 is 0. The van der Waals surface area contributed by atoms with Gasteiger partial charge < -0.3 is 15.2 Å². The van der Waals surface area contributed by atoms with Crippen LogP contribution in [0.1, 0.15) is 6.42 Å². The zero-order valence-corrected chi connectivity index (χ0v) is 10.5. The minimum absolute atomic E-state index is 0.156. The average molecular weight is 270 g/mol. The Kier molecular flexibility index (Phi) is 2.60. The van der Waals surface area contributed by atoms with Gasteiger partial charge in [-0.2, -0.15) is 0 Å². The summed E-state index contributed by atoms with van der Waals surface area (Å²) in [5.41, 5.74) is 6.10.